The zero-order chi connectivity index (χ0) is 19.9. The van der Waals surface area contributed by atoms with Crippen LogP contribution in [0.15, 0.2) is 0 Å². The lowest BCUT2D eigenvalue weighted by Gasteiger charge is -2.62. The average Bonchev–Trinajstić information content (AvgIpc) is 2.98. The molecule has 4 fully saturated rings. The van der Waals surface area contributed by atoms with Crippen LogP contribution in [0.3, 0.4) is 0 Å². The smallest absolute Gasteiger partial charge is 0.303 e. The fraction of sp³-hybridized carbons (Fsp3) is 0.917. The quantitative estimate of drug-likeness (QED) is 0.613. The summed E-state index contributed by atoms with van der Waals surface area (Å²) in [5, 5.41) is 9.02. The van der Waals surface area contributed by atoms with Gasteiger partial charge in [0.15, 0.2) is 0 Å². The Labute approximate surface area is 169 Å². The highest BCUT2D eigenvalue weighted by molar-refractivity contribution is 5.66. The molecule has 0 bridgehead atoms. The first-order valence-corrected chi connectivity index (χ1v) is 11.7. The summed E-state index contributed by atoms with van der Waals surface area (Å²) in [7, 11) is 0. The van der Waals surface area contributed by atoms with Crippen molar-refractivity contribution < 1.29 is 19.4 Å². The first kappa shape index (κ1) is 20.2. The largest absolute Gasteiger partial charge is 0.481 e. The molecule has 4 rings (SSSR count). The predicted octanol–water partition coefficient (Wildman–Crippen LogP) is 5.44. The number of aliphatic carboxylic acids is 1. The highest BCUT2D eigenvalue weighted by Gasteiger charge is 2.62. The van der Waals surface area contributed by atoms with Crippen molar-refractivity contribution in [3.05, 3.63) is 0 Å². The van der Waals surface area contributed by atoms with E-state index in [4.69, 9.17) is 9.84 Å². The van der Waals surface area contributed by atoms with Crippen molar-refractivity contribution in [2.24, 2.45) is 40.4 Å². The van der Waals surface area contributed by atoms with Crippen molar-refractivity contribution in [3.8, 4) is 0 Å². The molecule has 0 spiro atoms. The second-order valence-electron chi connectivity index (χ2n) is 10.9. The van der Waals surface area contributed by atoms with E-state index in [9.17, 15) is 9.59 Å². The summed E-state index contributed by atoms with van der Waals surface area (Å²) >= 11 is 0. The minimum absolute atomic E-state index is 0.0982. The lowest BCUT2D eigenvalue weighted by molar-refractivity contribution is -0.180. The topological polar surface area (TPSA) is 63.6 Å². The van der Waals surface area contributed by atoms with Crippen molar-refractivity contribution in [1.82, 2.24) is 0 Å². The molecule has 0 aliphatic heterocycles. The first-order chi connectivity index (χ1) is 13.4. The van der Waals surface area contributed by atoms with E-state index >= 15 is 0 Å². The molecule has 4 saturated carbocycles. The van der Waals surface area contributed by atoms with Gasteiger partial charge in [0, 0.05) is 12.3 Å². The molecular weight excluding hydrogens is 352 g/mol. The number of carboxylic acids is 1. The molecule has 4 heteroatoms. The maximum atomic E-state index is 11.4. The van der Waals surface area contributed by atoms with E-state index in [0.29, 0.717) is 53.3 Å². The summed E-state index contributed by atoms with van der Waals surface area (Å²) in [6.45, 7) is 5.73. The zero-order valence-electron chi connectivity index (χ0n) is 17.7. The number of hydrogen-bond acceptors (Lipinski definition) is 3. The van der Waals surface area contributed by atoms with E-state index in [1.807, 2.05) is 0 Å². The number of carbonyl (C=O) groups is 2. The van der Waals surface area contributed by atoms with Crippen molar-refractivity contribution >= 4 is 12.4 Å². The van der Waals surface area contributed by atoms with Crippen LogP contribution in [0.5, 0.6) is 0 Å². The van der Waals surface area contributed by atoms with Crippen LogP contribution < -0.4 is 0 Å². The molecule has 4 aliphatic carbocycles. The van der Waals surface area contributed by atoms with E-state index in [-0.39, 0.29) is 6.10 Å². The van der Waals surface area contributed by atoms with Gasteiger partial charge in [0.2, 0.25) is 0 Å². The third-order valence-corrected chi connectivity index (χ3v) is 9.95. The van der Waals surface area contributed by atoms with E-state index in [1.165, 1.54) is 51.4 Å². The van der Waals surface area contributed by atoms with Crippen LogP contribution in [0.25, 0.3) is 0 Å². The van der Waals surface area contributed by atoms with Crippen molar-refractivity contribution in [3.63, 3.8) is 0 Å². The summed E-state index contributed by atoms with van der Waals surface area (Å²) in [6, 6.07) is 0. The van der Waals surface area contributed by atoms with Gasteiger partial charge in [0.25, 0.3) is 6.47 Å². The van der Waals surface area contributed by atoms with Gasteiger partial charge < -0.3 is 9.84 Å². The lowest BCUT2D eigenvalue weighted by Crippen LogP contribution is -2.58. The number of hydrogen-bond donors (Lipinski definition) is 1. The molecule has 4 aliphatic rings. The zero-order valence-corrected chi connectivity index (χ0v) is 17.7. The molecule has 0 amide bonds. The summed E-state index contributed by atoms with van der Waals surface area (Å²) in [4.78, 5) is 22.3. The van der Waals surface area contributed by atoms with Gasteiger partial charge >= 0.3 is 5.97 Å². The van der Waals surface area contributed by atoms with Crippen molar-refractivity contribution in [1.29, 1.82) is 0 Å². The van der Waals surface area contributed by atoms with Crippen LogP contribution in [0, 0.1) is 40.4 Å². The Morgan fingerprint density at radius 2 is 1.86 bits per heavy atom. The van der Waals surface area contributed by atoms with Crippen LogP contribution in [-0.2, 0) is 14.3 Å². The van der Waals surface area contributed by atoms with E-state index < -0.39 is 5.97 Å². The maximum absolute atomic E-state index is 11.4. The highest BCUT2D eigenvalue weighted by atomic mass is 16.5. The van der Waals surface area contributed by atoms with E-state index in [0.717, 1.165) is 19.3 Å². The monoisotopic (exact) mass is 390 g/mol. The predicted molar refractivity (Wildman–Crippen MR) is 108 cm³/mol. The molecule has 0 aromatic carbocycles. The Morgan fingerprint density at radius 3 is 2.61 bits per heavy atom. The fourth-order valence-electron chi connectivity index (χ4n) is 8.53. The molecule has 8 unspecified atom stereocenters. The SMILES string of the molecule is CC12CCC3C(C(OC=O)CC4CCCCC43C)C1CCC2CCCC(=O)O. The van der Waals surface area contributed by atoms with Gasteiger partial charge in [-0.05, 0) is 92.3 Å². The highest BCUT2D eigenvalue weighted by Crippen LogP contribution is 2.68. The molecular formula is C24H38O4. The Morgan fingerprint density at radius 1 is 1.07 bits per heavy atom. The molecule has 0 aromatic rings. The molecule has 0 heterocycles. The van der Waals surface area contributed by atoms with Crippen LogP contribution in [0.2, 0.25) is 0 Å². The summed E-state index contributed by atoms with van der Waals surface area (Å²) in [5.74, 6) is 2.49. The minimum atomic E-state index is -0.675. The average molecular weight is 391 g/mol. The maximum Gasteiger partial charge on any atom is 0.303 e. The number of carboxylic acid groups (broad SMARTS) is 1. The molecule has 0 aromatic heterocycles. The molecule has 4 nitrogen and oxygen atoms in total. The molecule has 0 saturated heterocycles. The first-order valence-electron chi connectivity index (χ1n) is 11.7. The molecule has 0 radical (unpaired) electrons. The van der Waals surface area contributed by atoms with Crippen molar-refractivity contribution in [2.45, 2.75) is 97.0 Å². The second kappa shape index (κ2) is 7.65. The van der Waals surface area contributed by atoms with Gasteiger partial charge in [-0.25, -0.2) is 0 Å². The van der Waals surface area contributed by atoms with E-state index in [1.54, 1.807) is 0 Å². The second-order valence-corrected chi connectivity index (χ2v) is 10.9. The standard InChI is InChI=1S/C24H38O4/c1-23-12-4-3-6-17(23)14-20(28-15-25)22-18-10-9-16(7-5-8-21(26)27)24(18,2)13-11-19(22)23/h15-20,22H,3-14H2,1-2H3,(H,26,27). The molecule has 8 atom stereocenters. The Balaban J connectivity index is 1.57. The molecule has 158 valence electrons. The van der Waals surface area contributed by atoms with E-state index in [2.05, 4.69) is 13.8 Å². The minimum Gasteiger partial charge on any atom is -0.481 e. The van der Waals surface area contributed by atoms with Gasteiger partial charge in [0.1, 0.15) is 6.10 Å². The third kappa shape index (κ3) is 3.19. The number of fused-ring (bicyclic) bond motifs is 5. The van der Waals surface area contributed by atoms with Crippen LogP contribution in [0.1, 0.15) is 90.9 Å². The number of ether oxygens (including phenoxy) is 1. The summed E-state index contributed by atoms with van der Waals surface area (Å²) in [5.41, 5.74) is 0.719. The number of rotatable bonds is 6. The van der Waals surface area contributed by atoms with Gasteiger partial charge in [0.05, 0.1) is 0 Å². The molecule has 1 N–H and O–H groups in total. The van der Waals surface area contributed by atoms with Crippen LogP contribution in [-0.4, -0.2) is 23.7 Å². The van der Waals surface area contributed by atoms with Crippen molar-refractivity contribution in [2.75, 3.05) is 0 Å². The Hall–Kier alpha value is -1.06. The van der Waals surface area contributed by atoms with Crippen LogP contribution in [0.4, 0.5) is 0 Å². The van der Waals surface area contributed by atoms with Crippen LogP contribution >= 0.6 is 0 Å². The van der Waals surface area contributed by atoms with Gasteiger partial charge in [-0.3, -0.25) is 9.59 Å². The Bertz CT molecular complexity index is 603. The molecule has 28 heavy (non-hydrogen) atoms. The van der Waals surface area contributed by atoms with Gasteiger partial charge in [-0.15, -0.1) is 0 Å². The third-order valence-electron chi connectivity index (χ3n) is 9.95. The van der Waals surface area contributed by atoms with Gasteiger partial charge in [-0.1, -0.05) is 26.7 Å². The Kier molecular flexibility index (Phi) is 5.52. The summed E-state index contributed by atoms with van der Waals surface area (Å²) < 4.78 is 5.79. The normalized spacial score (nSPS) is 47.5. The summed E-state index contributed by atoms with van der Waals surface area (Å²) in [6.07, 6.45) is 13.6. The van der Waals surface area contributed by atoms with Gasteiger partial charge in [-0.2, -0.15) is 0 Å². The number of carbonyl (C=O) groups excluding carboxylic acids is 1. The lowest BCUT2D eigenvalue weighted by atomic mass is 9.44. The fourth-order valence-corrected chi connectivity index (χ4v) is 8.53.